The molecular formula is C22H30N4O2S. The van der Waals surface area contributed by atoms with Gasteiger partial charge in [0.15, 0.2) is 12.6 Å². The Bertz CT molecular complexity index is 852. The Morgan fingerprint density at radius 1 is 1.14 bits per heavy atom. The van der Waals surface area contributed by atoms with Gasteiger partial charge < -0.3 is 20.3 Å². The molecule has 2 N–H and O–H groups in total. The maximum absolute atomic E-state index is 11.7. The number of ether oxygens (including phenoxy) is 1. The molecule has 0 saturated heterocycles. The Hall–Kier alpha value is -2.67. The van der Waals surface area contributed by atoms with Crippen LogP contribution in [-0.4, -0.2) is 50.8 Å². The summed E-state index contributed by atoms with van der Waals surface area (Å²) in [7, 11) is 5.18. The van der Waals surface area contributed by atoms with Crippen LogP contribution in [0.2, 0.25) is 0 Å². The number of aryl methyl sites for hydroxylation is 1. The number of carbonyl (C=O) groups is 1. The summed E-state index contributed by atoms with van der Waals surface area (Å²) in [4.78, 5) is 18.8. The maximum atomic E-state index is 11.7. The fourth-order valence-corrected chi connectivity index (χ4v) is 3.31. The second-order valence-electron chi connectivity index (χ2n) is 6.82. The number of hydrogen-bond donors (Lipinski definition) is 2. The van der Waals surface area contributed by atoms with Gasteiger partial charge in [-0.05, 0) is 48.1 Å². The summed E-state index contributed by atoms with van der Waals surface area (Å²) in [6, 6.07) is 14.2. The van der Waals surface area contributed by atoms with E-state index in [0.29, 0.717) is 18.8 Å². The largest absolute Gasteiger partial charge is 0.484 e. The average molecular weight is 415 g/mol. The van der Waals surface area contributed by atoms with E-state index in [1.54, 1.807) is 32.9 Å². The Balaban J connectivity index is 1.89. The van der Waals surface area contributed by atoms with E-state index in [4.69, 9.17) is 4.74 Å². The lowest BCUT2D eigenvalue weighted by Gasteiger charge is -2.15. The van der Waals surface area contributed by atoms with Gasteiger partial charge in [0.25, 0.3) is 5.91 Å². The van der Waals surface area contributed by atoms with Crippen LogP contribution in [0.5, 0.6) is 5.75 Å². The summed E-state index contributed by atoms with van der Waals surface area (Å²) in [6.45, 7) is 3.43. The van der Waals surface area contributed by atoms with E-state index >= 15 is 0 Å². The van der Waals surface area contributed by atoms with Gasteiger partial charge in [0.1, 0.15) is 5.75 Å². The SMILES string of the molecule is CN=C(NCc1cccc(OCC(=O)N(C)C)c1)NCc1ccc(C)cc1SC. The van der Waals surface area contributed by atoms with Gasteiger partial charge in [-0.3, -0.25) is 9.79 Å². The highest BCUT2D eigenvalue weighted by Crippen LogP contribution is 2.21. The number of hydrogen-bond acceptors (Lipinski definition) is 4. The van der Waals surface area contributed by atoms with E-state index in [1.807, 2.05) is 24.3 Å². The third kappa shape index (κ3) is 7.34. The van der Waals surface area contributed by atoms with Crippen molar-refractivity contribution in [3.05, 3.63) is 59.2 Å². The highest BCUT2D eigenvalue weighted by Gasteiger charge is 2.07. The summed E-state index contributed by atoms with van der Waals surface area (Å²) in [5.41, 5.74) is 3.55. The van der Waals surface area contributed by atoms with Crippen LogP contribution in [0.1, 0.15) is 16.7 Å². The molecule has 0 unspecified atom stereocenters. The second kappa shape index (κ2) is 11.4. The predicted octanol–water partition coefficient (Wildman–Crippen LogP) is 3.05. The lowest BCUT2D eigenvalue weighted by molar-refractivity contribution is -0.130. The lowest BCUT2D eigenvalue weighted by Crippen LogP contribution is -2.36. The van der Waals surface area contributed by atoms with Gasteiger partial charge >= 0.3 is 0 Å². The predicted molar refractivity (Wildman–Crippen MR) is 121 cm³/mol. The Kier molecular flexibility index (Phi) is 8.86. The number of likely N-dealkylation sites (N-methyl/N-ethyl adjacent to an activating group) is 1. The molecule has 29 heavy (non-hydrogen) atoms. The third-order valence-electron chi connectivity index (χ3n) is 4.33. The molecule has 7 heteroatoms. The minimum Gasteiger partial charge on any atom is -0.484 e. The first-order chi connectivity index (χ1) is 13.9. The zero-order chi connectivity index (χ0) is 21.2. The van der Waals surface area contributed by atoms with Crippen LogP contribution in [0.25, 0.3) is 0 Å². The molecule has 0 aliphatic carbocycles. The Morgan fingerprint density at radius 2 is 1.90 bits per heavy atom. The van der Waals surface area contributed by atoms with Crippen molar-refractivity contribution in [3.63, 3.8) is 0 Å². The van der Waals surface area contributed by atoms with Crippen LogP contribution in [0.3, 0.4) is 0 Å². The molecule has 156 valence electrons. The molecule has 0 radical (unpaired) electrons. The molecule has 0 heterocycles. The molecule has 6 nitrogen and oxygen atoms in total. The van der Waals surface area contributed by atoms with Crippen molar-refractivity contribution < 1.29 is 9.53 Å². The number of nitrogens with zero attached hydrogens (tertiary/aromatic N) is 2. The van der Waals surface area contributed by atoms with E-state index in [-0.39, 0.29) is 12.5 Å². The van der Waals surface area contributed by atoms with Crippen molar-refractivity contribution in [2.45, 2.75) is 24.9 Å². The first-order valence-corrected chi connectivity index (χ1v) is 10.7. The first kappa shape index (κ1) is 22.6. The van der Waals surface area contributed by atoms with E-state index in [0.717, 1.165) is 11.5 Å². The third-order valence-corrected chi connectivity index (χ3v) is 5.15. The van der Waals surface area contributed by atoms with E-state index in [1.165, 1.54) is 20.9 Å². The van der Waals surface area contributed by atoms with Crippen molar-refractivity contribution in [2.24, 2.45) is 4.99 Å². The molecule has 0 bridgehead atoms. The Labute approximate surface area is 177 Å². The molecular weight excluding hydrogens is 384 g/mol. The minimum atomic E-state index is -0.0705. The van der Waals surface area contributed by atoms with Crippen LogP contribution in [0.4, 0.5) is 0 Å². The summed E-state index contributed by atoms with van der Waals surface area (Å²) in [5, 5.41) is 6.68. The molecule has 2 rings (SSSR count). The standard InChI is InChI=1S/C22H30N4O2S/c1-16-9-10-18(20(11-16)29-5)14-25-22(23-2)24-13-17-7-6-8-19(12-17)28-15-21(27)26(3)4/h6-12H,13-15H2,1-5H3,(H2,23,24,25). The number of carbonyl (C=O) groups excluding carboxylic acids is 1. The van der Waals surface area contributed by atoms with Crippen molar-refractivity contribution in [1.29, 1.82) is 0 Å². The van der Waals surface area contributed by atoms with Crippen molar-refractivity contribution in [2.75, 3.05) is 34.0 Å². The van der Waals surface area contributed by atoms with Crippen LogP contribution in [-0.2, 0) is 17.9 Å². The molecule has 2 aromatic carbocycles. The molecule has 0 spiro atoms. The highest BCUT2D eigenvalue weighted by atomic mass is 32.2. The summed E-state index contributed by atoms with van der Waals surface area (Å²) < 4.78 is 5.58. The summed E-state index contributed by atoms with van der Waals surface area (Å²) in [5.74, 6) is 1.33. The number of amides is 1. The zero-order valence-corrected chi connectivity index (χ0v) is 18.6. The van der Waals surface area contributed by atoms with E-state index < -0.39 is 0 Å². The van der Waals surface area contributed by atoms with E-state index in [9.17, 15) is 4.79 Å². The smallest absolute Gasteiger partial charge is 0.259 e. The number of benzene rings is 2. The van der Waals surface area contributed by atoms with Gasteiger partial charge in [-0.25, -0.2) is 0 Å². The van der Waals surface area contributed by atoms with Crippen molar-refractivity contribution >= 4 is 23.6 Å². The van der Waals surface area contributed by atoms with Crippen molar-refractivity contribution in [3.8, 4) is 5.75 Å². The topological polar surface area (TPSA) is 66.0 Å². The zero-order valence-electron chi connectivity index (χ0n) is 17.8. The quantitative estimate of drug-likeness (QED) is 0.395. The summed E-state index contributed by atoms with van der Waals surface area (Å²) in [6.07, 6.45) is 2.09. The van der Waals surface area contributed by atoms with E-state index in [2.05, 4.69) is 47.0 Å². The molecule has 2 aromatic rings. The second-order valence-corrected chi connectivity index (χ2v) is 7.67. The monoisotopic (exact) mass is 414 g/mol. The van der Waals surface area contributed by atoms with Crippen LogP contribution < -0.4 is 15.4 Å². The first-order valence-electron chi connectivity index (χ1n) is 9.43. The Morgan fingerprint density at radius 3 is 2.59 bits per heavy atom. The van der Waals surface area contributed by atoms with Crippen LogP contribution >= 0.6 is 11.8 Å². The molecule has 0 aliphatic rings. The van der Waals surface area contributed by atoms with Crippen LogP contribution in [0, 0.1) is 6.92 Å². The fourth-order valence-electron chi connectivity index (χ4n) is 2.60. The number of aliphatic imine (C=N–C) groups is 1. The molecule has 0 aliphatic heterocycles. The van der Waals surface area contributed by atoms with Gasteiger partial charge in [-0.2, -0.15) is 0 Å². The minimum absolute atomic E-state index is 0.0292. The molecule has 0 aromatic heterocycles. The van der Waals surface area contributed by atoms with Crippen LogP contribution in [0.15, 0.2) is 52.4 Å². The van der Waals surface area contributed by atoms with Gasteiger partial charge in [-0.1, -0.05) is 24.3 Å². The lowest BCUT2D eigenvalue weighted by atomic mass is 10.1. The summed E-state index contributed by atoms with van der Waals surface area (Å²) >= 11 is 1.75. The van der Waals surface area contributed by atoms with Gasteiger partial charge in [-0.15, -0.1) is 11.8 Å². The number of nitrogens with one attached hydrogen (secondary N) is 2. The molecule has 0 atom stereocenters. The number of thioether (sulfide) groups is 1. The van der Waals surface area contributed by atoms with Gasteiger partial charge in [0, 0.05) is 39.1 Å². The van der Waals surface area contributed by atoms with Crippen molar-refractivity contribution in [1.82, 2.24) is 15.5 Å². The average Bonchev–Trinajstić information content (AvgIpc) is 2.73. The molecule has 1 amide bonds. The number of guanidine groups is 1. The van der Waals surface area contributed by atoms with Gasteiger partial charge in [0.05, 0.1) is 0 Å². The molecule has 0 saturated carbocycles. The highest BCUT2D eigenvalue weighted by molar-refractivity contribution is 7.98. The normalized spacial score (nSPS) is 11.1. The molecule has 0 fully saturated rings. The fraction of sp³-hybridized carbons (Fsp3) is 0.364. The number of rotatable bonds is 8. The maximum Gasteiger partial charge on any atom is 0.259 e. The van der Waals surface area contributed by atoms with Gasteiger partial charge in [0.2, 0.25) is 0 Å².